The molecule has 0 N–H and O–H groups in total. The van der Waals surface area contributed by atoms with Crippen molar-refractivity contribution in [1.82, 2.24) is 10.1 Å². The number of nitrogens with zero attached hydrogens (tertiary/aromatic N) is 2. The molecule has 1 amide bonds. The zero-order chi connectivity index (χ0) is 13.8. The molecule has 0 saturated carbocycles. The number of hydrogen-bond acceptors (Lipinski definition) is 5. The molecule has 1 aliphatic heterocycles. The molecule has 1 unspecified atom stereocenters. The molecule has 2 rings (SSSR count). The molecule has 1 atom stereocenters. The molecule has 19 heavy (non-hydrogen) atoms. The second kappa shape index (κ2) is 5.86. The monoisotopic (exact) mass is 266 g/mol. The number of hydrogen-bond donors (Lipinski definition) is 0. The highest BCUT2D eigenvalue weighted by atomic mass is 16.5. The zero-order valence-electron chi connectivity index (χ0n) is 11.2. The molecule has 0 bridgehead atoms. The second-order valence-corrected chi connectivity index (χ2v) is 4.59. The third-order valence-electron chi connectivity index (χ3n) is 3.16. The van der Waals surface area contributed by atoms with Crippen molar-refractivity contribution in [3.63, 3.8) is 0 Å². The molecule has 1 aromatic rings. The molecule has 6 nitrogen and oxygen atoms in total. The lowest BCUT2D eigenvalue weighted by Crippen LogP contribution is -2.48. The van der Waals surface area contributed by atoms with E-state index in [1.165, 1.54) is 4.90 Å². The number of carbonyl (C=O) groups excluding carboxylic acids is 2. The van der Waals surface area contributed by atoms with E-state index >= 15 is 0 Å². The summed E-state index contributed by atoms with van der Waals surface area (Å²) in [7, 11) is 0. The Morgan fingerprint density at radius 2 is 2.32 bits per heavy atom. The average molecular weight is 266 g/mol. The van der Waals surface area contributed by atoms with Crippen LogP contribution >= 0.6 is 0 Å². The molecule has 0 radical (unpaired) electrons. The largest absolute Gasteiger partial charge is 0.464 e. The predicted molar refractivity (Wildman–Crippen MR) is 66.5 cm³/mol. The van der Waals surface area contributed by atoms with Crippen LogP contribution in [0.3, 0.4) is 0 Å². The Hall–Kier alpha value is -1.85. The van der Waals surface area contributed by atoms with E-state index in [1.807, 2.05) is 0 Å². The van der Waals surface area contributed by atoms with E-state index in [-0.39, 0.29) is 17.6 Å². The summed E-state index contributed by atoms with van der Waals surface area (Å²) < 4.78 is 10.00. The van der Waals surface area contributed by atoms with Crippen LogP contribution in [0.2, 0.25) is 0 Å². The molecule has 1 aromatic heterocycles. The summed E-state index contributed by atoms with van der Waals surface area (Å²) in [4.78, 5) is 25.7. The maximum Gasteiger partial charge on any atom is 0.328 e. The van der Waals surface area contributed by atoms with E-state index < -0.39 is 6.04 Å². The van der Waals surface area contributed by atoms with Crippen molar-refractivity contribution in [2.24, 2.45) is 0 Å². The lowest BCUT2D eigenvalue weighted by molar-refractivity contribution is -0.149. The standard InChI is InChI=1S/C13H18N2O4/c1-3-18-13(17)10-6-4-5-7-15(10)12(16)11-8-9(2)14-19-11/h8,10H,3-7H2,1-2H3. The van der Waals surface area contributed by atoms with Gasteiger partial charge in [-0.15, -0.1) is 0 Å². The Kier molecular flexibility index (Phi) is 4.19. The number of aromatic nitrogens is 1. The average Bonchev–Trinajstić information content (AvgIpc) is 2.85. The highest BCUT2D eigenvalue weighted by Crippen LogP contribution is 2.21. The minimum atomic E-state index is -0.508. The van der Waals surface area contributed by atoms with Crippen molar-refractivity contribution in [1.29, 1.82) is 0 Å². The van der Waals surface area contributed by atoms with E-state index in [1.54, 1.807) is 19.9 Å². The Morgan fingerprint density at radius 3 is 2.95 bits per heavy atom. The molecule has 0 aromatic carbocycles. The van der Waals surface area contributed by atoms with Gasteiger partial charge in [-0.1, -0.05) is 5.16 Å². The van der Waals surface area contributed by atoms with Crippen LogP contribution in [-0.4, -0.2) is 41.1 Å². The summed E-state index contributed by atoms with van der Waals surface area (Å²) in [6.07, 6.45) is 2.44. The van der Waals surface area contributed by atoms with Gasteiger partial charge in [-0.25, -0.2) is 4.79 Å². The molecular weight excluding hydrogens is 248 g/mol. The van der Waals surface area contributed by atoms with E-state index in [2.05, 4.69) is 5.16 Å². The number of piperidine rings is 1. The van der Waals surface area contributed by atoms with Crippen LogP contribution < -0.4 is 0 Å². The molecule has 0 spiro atoms. The minimum Gasteiger partial charge on any atom is -0.464 e. The van der Waals surface area contributed by atoms with E-state index in [0.717, 1.165) is 12.8 Å². The first-order chi connectivity index (χ1) is 9.13. The van der Waals surface area contributed by atoms with Gasteiger partial charge >= 0.3 is 5.97 Å². The van der Waals surface area contributed by atoms with Crippen molar-refractivity contribution < 1.29 is 18.8 Å². The summed E-state index contributed by atoms with van der Waals surface area (Å²) in [6.45, 7) is 4.37. The Labute approximate surface area is 111 Å². The third kappa shape index (κ3) is 2.94. The molecule has 0 aliphatic carbocycles. The smallest absolute Gasteiger partial charge is 0.328 e. The van der Waals surface area contributed by atoms with E-state index in [4.69, 9.17) is 9.26 Å². The van der Waals surface area contributed by atoms with Crippen LogP contribution in [-0.2, 0) is 9.53 Å². The molecule has 1 fully saturated rings. The first kappa shape index (κ1) is 13.6. The van der Waals surface area contributed by atoms with Crippen molar-refractivity contribution in [3.05, 3.63) is 17.5 Å². The van der Waals surface area contributed by atoms with Gasteiger partial charge in [-0.05, 0) is 33.1 Å². The van der Waals surface area contributed by atoms with Crippen LogP contribution in [0.1, 0.15) is 42.4 Å². The van der Waals surface area contributed by atoms with Crippen molar-refractivity contribution >= 4 is 11.9 Å². The van der Waals surface area contributed by atoms with Crippen LogP contribution in [0, 0.1) is 6.92 Å². The van der Waals surface area contributed by atoms with Crippen LogP contribution in [0.5, 0.6) is 0 Å². The Balaban J connectivity index is 2.15. The van der Waals surface area contributed by atoms with Crippen molar-refractivity contribution in [2.45, 2.75) is 39.2 Å². The Bertz CT molecular complexity index is 469. The van der Waals surface area contributed by atoms with Gasteiger partial charge < -0.3 is 14.2 Å². The van der Waals surface area contributed by atoms with Gasteiger partial charge in [-0.3, -0.25) is 4.79 Å². The molecular formula is C13H18N2O4. The predicted octanol–water partition coefficient (Wildman–Crippen LogP) is 1.54. The number of likely N-dealkylation sites (tertiary alicyclic amines) is 1. The normalized spacial score (nSPS) is 19.3. The number of aryl methyl sites for hydroxylation is 1. The summed E-state index contributed by atoms with van der Waals surface area (Å²) in [6, 6.07) is 1.07. The molecule has 104 valence electrons. The molecule has 1 aliphatic rings. The van der Waals surface area contributed by atoms with Gasteiger partial charge in [0.05, 0.1) is 12.3 Å². The maximum absolute atomic E-state index is 12.3. The molecule has 1 saturated heterocycles. The van der Waals surface area contributed by atoms with Gasteiger partial charge in [0, 0.05) is 12.6 Å². The van der Waals surface area contributed by atoms with Gasteiger partial charge in [0.25, 0.3) is 5.91 Å². The first-order valence-corrected chi connectivity index (χ1v) is 6.54. The number of amides is 1. The SMILES string of the molecule is CCOC(=O)C1CCCCN1C(=O)c1cc(C)no1. The number of rotatable bonds is 3. The Morgan fingerprint density at radius 1 is 1.53 bits per heavy atom. The van der Waals surface area contributed by atoms with E-state index in [9.17, 15) is 9.59 Å². The van der Waals surface area contributed by atoms with Crippen molar-refractivity contribution in [3.8, 4) is 0 Å². The topological polar surface area (TPSA) is 72.6 Å². The second-order valence-electron chi connectivity index (χ2n) is 4.59. The summed E-state index contributed by atoms with van der Waals surface area (Å²) >= 11 is 0. The van der Waals surface area contributed by atoms with Crippen LogP contribution in [0.25, 0.3) is 0 Å². The van der Waals surface area contributed by atoms with Crippen molar-refractivity contribution in [2.75, 3.05) is 13.2 Å². The van der Waals surface area contributed by atoms with Gasteiger partial charge in [0.1, 0.15) is 6.04 Å². The first-order valence-electron chi connectivity index (χ1n) is 6.54. The van der Waals surface area contributed by atoms with Gasteiger partial charge in [0.15, 0.2) is 0 Å². The zero-order valence-corrected chi connectivity index (χ0v) is 11.2. The fourth-order valence-electron chi connectivity index (χ4n) is 2.26. The van der Waals surface area contributed by atoms with Gasteiger partial charge in [-0.2, -0.15) is 0 Å². The van der Waals surface area contributed by atoms with Crippen LogP contribution in [0.15, 0.2) is 10.6 Å². The minimum absolute atomic E-state index is 0.175. The highest BCUT2D eigenvalue weighted by Gasteiger charge is 2.34. The molecule has 2 heterocycles. The third-order valence-corrected chi connectivity index (χ3v) is 3.16. The lowest BCUT2D eigenvalue weighted by atomic mass is 10.0. The number of carbonyl (C=O) groups is 2. The number of esters is 1. The maximum atomic E-state index is 12.3. The van der Waals surface area contributed by atoms with Crippen LogP contribution in [0.4, 0.5) is 0 Å². The van der Waals surface area contributed by atoms with Gasteiger partial charge in [0.2, 0.25) is 5.76 Å². The number of ether oxygens (including phenoxy) is 1. The fraction of sp³-hybridized carbons (Fsp3) is 0.615. The lowest BCUT2D eigenvalue weighted by Gasteiger charge is -2.33. The molecule has 6 heteroatoms. The summed E-state index contributed by atoms with van der Waals surface area (Å²) in [5.74, 6) is -0.459. The summed E-state index contributed by atoms with van der Waals surface area (Å²) in [5, 5.41) is 3.70. The quantitative estimate of drug-likeness (QED) is 0.776. The van der Waals surface area contributed by atoms with E-state index in [0.29, 0.717) is 25.3 Å². The fourth-order valence-corrected chi connectivity index (χ4v) is 2.26. The summed E-state index contributed by atoms with van der Waals surface area (Å²) in [5.41, 5.74) is 0.646. The highest BCUT2D eigenvalue weighted by molar-refractivity contribution is 5.94.